The molecule has 1 saturated heterocycles. The summed E-state index contributed by atoms with van der Waals surface area (Å²) in [5.74, 6) is 0. The third-order valence-electron chi connectivity index (χ3n) is 4.54. The maximum absolute atomic E-state index is 4.62. The average molecular weight is 245 g/mol. The summed E-state index contributed by atoms with van der Waals surface area (Å²) >= 11 is 0. The van der Waals surface area contributed by atoms with Crippen LogP contribution in [0, 0.1) is 0 Å². The van der Waals surface area contributed by atoms with Crippen molar-refractivity contribution in [3.05, 3.63) is 30.1 Å². The molecule has 18 heavy (non-hydrogen) atoms. The van der Waals surface area contributed by atoms with Gasteiger partial charge in [0.05, 0.1) is 0 Å². The summed E-state index contributed by atoms with van der Waals surface area (Å²) in [6.07, 6.45) is 7.24. The molecule has 3 nitrogen and oxygen atoms in total. The largest absolute Gasteiger partial charge is 0.319 e. The van der Waals surface area contributed by atoms with Crippen LogP contribution in [0.25, 0.3) is 0 Å². The number of likely N-dealkylation sites (N-methyl/N-ethyl adjacent to an activating group) is 1. The molecule has 0 aromatic carbocycles. The molecule has 0 unspecified atom stereocenters. The van der Waals surface area contributed by atoms with Crippen LogP contribution in [0.3, 0.4) is 0 Å². The monoisotopic (exact) mass is 245 g/mol. The van der Waals surface area contributed by atoms with Crippen molar-refractivity contribution in [2.24, 2.45) is 0 Å². The number of hydrogen-bond acceptors (Lipinski definition) is 3. The molecule has 98 valence electrons. The third kappa shape index (κ3) is 2.29. The number of nitrogens with one attached hydrogen (secondary N) is 1. The van der Waals surface area contributed by atoms with Crippen LogP contribution >= 0.6 is 0 Å². The predicted molar refractivity (Wildman–Crippen MR) is 73.7 cm³/mol. The van der Waals surface area contributed by atoms with E-state index in [9.17, 15) is 0 Å². The van der Waals surface area contributed by atoms with Gasteiger partial charge >= 0.3 is 0 Å². The fourth-order valence-electron chi connectivity index (χ4n) is 3.30. The van der Waals surface area contributed by atoms with E-state index >= 15 is 0 Å². The number of nitrogens with zero attached hydrogens (tertiary/aromatic N) is 2. The Morgan fingerprint density at radius 2 is 2.11 bits per heavy atom. The van der Waals surface area contributed by atoms with E-state index in [1.807, 2.05) is 12.3 Å². The zero-order valence-corrected chi connectivity index (χ0v) is 11.2. The van der Waals surface area contributed by atoms with Gasteiger partial charge in [0.1, 0.15) is 0 Å². The van der Waals surface area contributed by atoms with Crippen LogP contribution < -0.4 is 5.32 Å². The fraction of sp³-hybridized carbons (Fsp3) is 0.667. The second-order valence-corrected chi connectivity index (χ2v) is 5.79. The number of rotatable bonds is 4. The first-order valence-corrected chi connectivity index (χ1v) is 7.14. The molecule has 1 aromatic heterocycles. The highest BCUT2D eigenvalue weighted by molar-refractivity contribution is 5.19. The minimum atomic E-state index is 0.251. The van der Waals surface area contributed by atoms with E-state index in [4.69, 9.17) is 0 Å². The molecular weight excluding hydrogens is 222 g/mol. The van der Waals surface area contributed by atoms with Crippen molar-refractivity contribution < 1.29 is 0 Å². The number of aromatic nitrogens is 1. The fourth-order valence-corrected chi connectivity index (χ4v) is 3.30. The molecule has 2 fully saturated rings. The van der Waals surface area contributed by atoms with Gasteiger partial charge in [0.2, 0.25) is 0 Å². The zero-order valence-electron chi connectivity index (χ0n) is 11.2. The summed E-state index contributed by atoms with van der Waals surface area (Å²) in [5.41, 5.74) is 1.52. The Morgan fingerprint density at radius 3 is 2.67 bits per heavy atom. The van der Waals surface area contributed by atoms with E-state index < -0.39 is 0 Å². The maximum atomic E-state index is 4.62. The van der Waals surface area contributed by atoms with Crippen molar-refractivity contribution in [1.29, 1.82) is 0 Å². The van der Waals surface area contributed by atoms with Gasteiger partial charge in [-0.25, -0.2) is 0 Å². The highest BCUT2D eigenvalue weighted by Gasteiger charge is 2.40. The zero-order chi connectivity index (χ0) is 12.4. The Hall–Kier alpha value is -0.930. The van der Waals surface area contributed by atoms with Gasteiger partial charge in [0.25, 0.3) is 0 Å². The normalized spacial score (nSPS) is 24.1. The lowest BCUT2D eigenvalue weighted by molar-refractivity contribution is 0.148. The highest BCUT2D eigenvalue weighted by atomic mass is 15.2. The Balaban J connectivity index is 1.76. The van der Waals surface area contributed by atoms with Gasteiger partial charge in [0, 0.05) is 29.9 Å². The topological polar surface area (TPSA) is 28.2 Å². The second-order valence-electron chi connectivity index (χ2n) is 5.79. The van der Waals surface area contributed by atoms with Gasteiger partial charge in [-0.3, -0.25) is 4.98 Å². The average Bonchev–Trinajstić information content (AvgIpc) is 3.25. The number of likely N-dealkylation sites (tertiary alicyclic amines) is 1. The molecule has 1 aliphatic heterocycles. The van der Waals surface area contributed by atoms with E-state index in [1.54, 1.807) is 0 Å². The smallest absolute Gasteiger partial charge is 0.0479 e. The van der Waals surface area contributed by atoms with Gasteiger partial charge in [-0.05, 0) is 58.0 Å². The summed E-state index contributed by atoms with van der Waals surface area (Å²) in [6, 6.07) is 7.23. The van der Waals surface area contributed by atoms with Crippen molar-refractivity contribution in [3.63, 3.8) is 0 Å². The third-order valence-corrected chi connectivity index (χ3v) is 4.54. The lowest BCUT2D eigenvalue weighted by atomic mass is 9.75. The Kier molecular flexibility index (Phi) is 3.35. The van der Waals surface area contributed by atoms with E-state index in [1.165, 1.54) is 44.5 Å². The molecule has 3 rings (SSSR count). The summed E-state index contributed by atoms with van der Waals surface area (Å²) < 4.78 is 0. The van der Waals surface area contributed by atoms with Crippen LogP contribution in [0.4, 0.5) is 0 Å². The van der Waals surface area contributed by atoms with Gasteiger partial charge < -0.3 is 10.2 Å². The van der Waals surface area contributed by atoms with Gasteiger partial charge in [-0.1, -0.05) is 6.07 Å². The van der Waals surface area contributed by atoms with Crippen LogP contribution in [0.1, 0.15) is 31.4 Å². The van der Waals surface area contributed by atoms with Crippen molar-refractivity contribution in [3.8, 4) is 0 Å². The summed E-state index contributed by atoms with van der Waals surface area (Å²) in [4.78, 5) is 7.30. The molecule has 1 aromatic rings. The molecule has 0 spiro atoms. The summed E-state index contributed by atoms with van der Waals surface area (Å²) in [6.45, 7) is 3.52. The van der Waals surface area contributed by atoms with E-state index in [0.29, 0.717) is 0 Å². The van der Waals surface area contributed by atoms with Crippen LogP contribution in [0.2, 0.25) is 0 Å². The molecule has 0 bridgehead atoms. The van der Waals surface area contributed by atoms with Crippen molar-refractivity contribution in [2.45, 2.75) is 37.1 Å². The quantitative estimate of drug-likeness (QED) is 0.876. The second kappa shape index (κ2) is 4.98. The van der Waals surface area contributed by atoms with Gasteiger partial charge in [0.15, 0.2) is 0 Å². The van der Waals surface area contributed by atoms with Crippen LogP contribution in [0.5, 0.6) is 0 Å². The summed E-state index contributed by atoms with van der Waals surface area (Å²) in [7, 11) is 2.05. The Labute approximate surface area is 110 Å². The van der Waals surface area contributed by atoms with Crippen molar-refractivity contribution in [1.82, 2.24) is 15.2 Å². The Morgan fingerprint density at radius 1 is 1.33 bits per heavy atom. The molecule has 2 heterocycles. The minimum absolute atomic E-state index is 0.251. The highest BCUT2D eigenvalue weighted by Crippen LogP contribution is 2.37. The van der Waals surface area contributed by atoms with Gasteiger partial charge in [-0.2, -0.15) is 0 Å². The first-order valence-electron chi connectivity index (χ1n) is 7.14. The molecular formula is C15H23N3. The molecule has 2 aliphatic rings. The van der Waals surface area contributed by atoms with E-state index in [2.05, 4.69) is 34.4 Å². The first kappa shape index (κ1) is 12.1. The molecule has 0 radical (unpaired) electrons. The van der Waals surface area contributed by atoms with Crippen molar-refractivity contribution >= 4 is 0 Å². The van der Waals surface area contributed by atoms with E-state index in [-0.39, 0.29) is 5.41 Å². The van der Waals surface area contributed by atoms with Crippen LogP contribution in [-0.2, 0) is 5.41 Å². The lowest BCUT2D eigenvalue weighted by Crippen LogP contribution is -2.48. The molecule has 1 aliphatic carbocycles. The summed E-state index contributed by atoms with van der Waals surface area (Å²) in [5, 5.41) is 3.38. The van der Waals surface area contributed by atoms with Crippen molar-refractivity contribution in [2.75, 3.05) is 26.7 Å². The van der Waals surface area contributed by atoms with Crippen LogP contribution in [0.15, 0.2) is 24.4 Å². The maximum Gasteiger partial charge on any atom is 0.0479 e. The molecule has 0 amide bonds. The number of hydrogen-bond donors (Lipinski definition) is 1. The standard InChI is InChI=1S/C15H23N3/c1-16-12-15(14-4-2-3-9-17-14)7-10-18(11-8-15)13-5-6-13/h2-4,9,13,16H,5-8,10-12H2,1H3. The first-order chi connectivity index (χ1) is 8.84. The molecule has 3 heteroatoms. The molecule has 0 atom stereocenters. The van der Waals surface area contributed by atoms with E-state index in [0.717, 1.165) is 12.6 Å². The van der Waals surface area contributed by atoms with Crippen LogP contribution in [-0.4, -0.2) is 42.6 Å². The minimum Gasteiger partial charge on any atom is -0.319 e. The lowest BCUT2D eigenvalue weighted by Gasteiger charge is -2.41. The Bertz CT molecular complexity index is 378. The van der Waals surface area contributed by atoms with Gasteiger partial charge in [-0.15, -0.1) is 0 Å². The predicted octanol–water partition coefficient (Wildman–Crippen LogP) is 1.80. The number of pyridine rings is 1. The molecule has 1 saturated carbocycles. The molecule has 1 N–H and O–H groups in total. The SMILES string of the molecule is CNCC1(c2ccccn2)CCN(C2CC2)CC1. The number of piperidine rings is 1.